The summed E-state index contributed by atoms with van der Waals surface area (Å²) in [4.78, 5) is 0. The Labute approximate surface area is 370 Å². The van der Waals surface area contributed by atoms with E-state index in [0.717, 1.165) is 49.8 Å². The van der Waals surface area contributed by atoms with Gasteiger partial charge < -0.3 is 8.98 Å². The second-order valence-corrected chi connectivity index (χ2v) is 16.8. The smallest absolute Gasteiger partial charge is 0.143 e. The predicted molar refractivity (Wildman–Crippen MR) is 270 cm³/mol. The maximum atomic E-state index is 6.89. The molecule has 13 aromatic rings. The van der Waals surface area contributed by atoms with Gasteiger partial charge in [-0.25, -0.2) is 0 Å². The van der Waals surface area contributed by atoms with E-state index in [1.807, 2.05) is 0 Å². The molecule has 0 aliphatic heterocycles. The molecule has 0 bridgehead atoms. The Balaban J connectivity index is 1.08. The van der Waals surface area contributed by atoms with Crippen molar-refractivity contribution in [1.29, 1.82) is 0 Å². The number of hydrogen-bond acceptors (Lipinski definition) is 1. The van der Waals surface area contributed by atoms with E-state index in [1.165, 1.54) is 76.8 Å². The summed E-state index contributed by atoms with van der Waals surface area (Å²) in [5.41, 5.74) is 17.0. The van der Waals surface area contributed by atoms with Crippen molar-refractivity contribution in [2.24, 2.45) is 0 Å². The van der Waals surface area contributed by atoms with Gasteiger partial charge in [0.1, 0.15) is 11.2 Å². The van der Waals surface area contributed by atoms with E-state index in [9.17, 15) is 0 Å². The lowest BCUT2D eigenvalue weighted by atomic mass is 9.86. The van der Waals surface area contributed by atoms with Gasteiger partial charge in [-0.1, -0.05) is 188 Å². The highest BCUT2D eigenvalue weighted by molar-refractivity contribution is 6.22. The third kappa shape index (κ3) is 5.73. The summed E-state index contributed by atoms with van der Waals surface area (Å²) in [6, 6.07) is 86.0. The predicted octanol–water partition coefficient (Wildman–Crippen LogP) is 17.3. The first-order chi connectivity index (χ1) is 31.7. The molecule has 2 heterocycles. The molecule has 11 aromatic carbocycles. The van der Waals surface area contributed by atoms with Crippen LogP contribution in [0.2, 0.25) is 0 Å². The van der Waals surface area contributed by atoms with Crippen LogP contribution in [0.3, 0.4) is 0 Å². The normalized spacial score (nSPS) is 11.8. The molecule has 13 rings (SSSR count). The van der Waals surface area contributed by atoms with Gasteiger partial charge in [-0.05, 0) is 120 Å². The quantitative estimate of drug-likeness (QED) is 0.153. The Kier molecular flexibility index (Phi) is 8.25. The first-order valence-electron chi connectivity index (χ1n) is 22.0. The summed E-state index contributed by atoms with van der Waals surface area (Å²) in [6.07, 6.45) is 0. The summed E-state index contributed by atoms with van der Waals surface area (Å²) >= 11 is 0. The molecular formula is C62H39NO. The summed E-state index contributed by atoms with van der Waals surface area (Å²) < 4.78 is 9.35. The van der Waals surface area contributed by atoms with Crippen LogP contribution in [0.4, 0.5) is 0 Å². The van der Waals surface area contributed by atoms with E-state index >= 15 is 0 Å². The molecule has 0 amide bonds. The molecule has 2 nitrogen and oxygen atoms in total. The molecule has 0 fully saturated rings. The highest BCUT2D eigenvalue weighted by Gasteiger charge is 2.21. The number of benzene rings is 11. The van der Waals surface area contributed by atoms with E-state index in [0.29, 0.717) is 0 Å². The highest BCUT2D eigenvalue weighted by Crippen LogP contribution is 2.46. The Hall–Kier alpha value is -8.46. The largest absolute Gasteiger partial charge is 0.455 e. The Morgan fingerprint density at radius 3 is 1.44 bits per heavy atom. The van der Waals surface area contributed by atoms with Crippen molar-refractivity contribution in [3.63, 3.8) is 0 Å². The molecule has 298 valence electrons. The molecule has 0 atom stereocenters. The van der Waals surface area contributed by atoms with Gasteiger partial charge >= 0.3 is 0 Å². The lowest BCUT2D eigenvalue weighted by Crippen LogP contribution is -1.96. The number of rotatable bonds is 6. The van der Waals surface area contributed by atoms with Crippen LogP contribution in [0.25, 0.3) is 127 Å². The van der Waals surface area contributed by atoms with E-state index in [-0.39, 0.29) is 0 Å². The number of furan rings is 1. The Morgan fingerprint density at radius 1 is 0.266 bits per heavy atom. The standard InChI is InChI=1S/C62H39NO/c1-5-17-40(18-6-1)44-30-34-59-54(35-44)56-37-46(41-19-7-2-8-20-41)36-53(62(56)64-59)45-29-32-49-48-25-15-16-28-57(48)63(58(49)38-45)47-31-33-52-55(39-47)61(43-23-11-4-12-24-43)51-27-14-13-26-50(51)60(52)42-21-9-3-10-22-42/h1-39H. The number of aromatic nitrogens is 1. The van der Waals surface area contributed by atoms with Crippen LogP contribution in [-0.4, -0.2) is 4.57 Å². The first kappa shape index (κ1) is 36.2. The number of para-hydroxylation sites is 1. The van der Waals surface area contributed by atoms with Crippen molar-refractivity contribution in [3.8, 4) is 61.3 Å². The van der Waals surface area contributed by atoms with Crippen LogP contribution in [0.15, 0.2) is 241 Å². The van der Waals surface area contributed by atoms with Crippen LogP contribution in [0.1, 0.15) is 0 Å². The summed E-state index contributed by atoms with van der Waals surface area (Å²) in [6.45, 7) is 0. The first-order valence-corrected chi connectivity index (χ1v) is 22.0. The third-order valence-electron chi connectivity index (χ3n) is 13.2. The van der Waals surface area contributed by atoms with Crippen molar-refractivity contribution in [2.75, 3.05) is 0 Å². The van der Waals surface area contributed by atoms with Crippen LogP contribution in [-0.2, 0) is 0 Å². The molecule has 2 aromatic heterocycles. The highest BCUT2D eigenvalue weighted by atomic mass is 16.3. The van der Waals surface area contributed by atoms with Gasteiger partial charge in [-0.2, -0.15) is 0 Å². The second kappa shape index (κ2) is 14.6. The van der Waals surface area contributed by atoms with Crippen molar-refractivity contribution in [3.05, 3.63) is 237 Å². The minimum Gasteiger partial charge on any atom is -0.455 e. The molecule has 64 heavy (non-hydrogen) atoms. The van der Waals surface area contributed by atoms with Crippen molar-refractivity contribution in [2.45, 2.75) is 0 Å². The maximum Gasteiger partial charge on any atom is 0.143 e. The lowest BCUT2D eigenvalue weighted by Gasteiger charge is -2.19. The number of hydrogen-bond donors (Lipinski definition) is 0. The zero-order chi connectivity index (χ0) is 42.1. The van der Waals surface area contributed by atoms with Gasteiger partial charge in [-0.15, -0.1) is 0 Å². The SMILES string of the molecule is c1ccc(-c2ccc3oc4c(-c5ccc6c7ccccc7n(-c7ccc8c(-c9ccccc9)c9ccccc9c(-c9ccccc9)c8c7)c6c5)cc(-c5ccccc5)cc4c3c2)cc1. The van der Waals surface area contributed by atoms with E-state index in [1.54, 1.807) is 0 Å². The second-order valence-electron chi connectivity index (χ2n) is 16.8. The summed E-state index contributed by atoms with van der Waals surface area (Å²) in [7, 11) is 0. The Morgan fingerprint density at radius 2 is 0.766 bits per heavy atom. The fraction of sp³-hybridized carbons (Fsp3) is 0. The molecule has 0 unspecified atom stereocenters. The molecule has 0 saturated carbocycles. The van der Waals surface area contributed by atoms with E-state index in [4.69, 9.17) is 4.42 Å². The van der Waals surface area contributed by atoms with Gasteiger partial charge in [0, 0.05) is 32.8 Å². The summed E-state index contributed by atoms with van der Waals surface area (Å²) in [5.74, 6) is 0. The van der Waals surface area contributed by atoms with Crippen molar-refractivity contribution in [1.82, 2.24) is 4.57 Å². The average Bonchev–Trinajstić information content (AvgIpc) is 3.91. The summed E-state index contributed by atoms with van der Waals surface area (Å²) in [5, 5.41) is 9.58. The fourth-order valence-electron chi connectivity index (χ4n) is 10.3. The average molecular weight is 814 g/mol. The van der Waals surface area contributed by atoms with Gasteiger partial charge in [0.15, 0.2) is 0 Å². The van der Waals surface area contributed by atoms with Gasteiger partial charge in [0.2, 0.25) is 0 Å². The molecule has 0 spiro atoms. The van der Waals surface area contributed by atoms with E-state index in [2.05, 4.69) is 241 Å². The zero-order valence-corrected chi connectivity index (χ0v) is 34.9. The van der Waals surface area contributed by atoms with Crippen LogP contribution in [0.5, 0.6) is 0 Å². The van der Waals surface area contributed by atoms with Crippen LogP contribution >= 0.6 is 0 Å². The molecule has 2 heteroatoms. The van der Waals surface area contributed by atoms with Crippen molar-refractivity contribution >= 4 is 65.3 Å². The fourth-order valence-corrected chi connectivity index (χ4v) is 10.3. The van der Waals surface area contributed by atoms with Crippen LogP contribution < -0.4 is 0 Å². The zero-order valence-electron chi connectivity index (χ0n) is 34.9. The lowest BCUT2D eigenvalue weighted by molar-refractivity contribution is 0.670. The van der Waals surface area contributed by atoms with Gasteiger partial charge in [0.05, 0.1) is 11.0 Å². The molecule has 0 N–H and O–H groups in total. The van der Waals surface area contributed by atoms with Gasteiger partial charge in [0.25, 0.3) is 0 Å². The number of nitrogens with zero attached hydrogens (tertiary/aromatic N) is 1. The maximum absolute atomic E-state index is 6.89. The monoisotopic (exact) mass is 813 g/mol. The molecule has 0 aliphatic carbocycles. The molecular weight excluding hydrogens is 775 g/mol. The minimum atomic E-state index is 0.879. The topological polar surface area (TPSA) is 18.1 Å². The molecule has 0 radical (unpaired) electrons. The Bertz CT molecular complexity index is 3920. The molecule has 0 saturated heterocycles. The third-order valence-corrected chi connectivity index (χ3v) is 13.2. The number of fused-ring (bicyclic) bond motifs is 8. The van der Waals surface area contributed by atoms with E-state index < -0.39 is 0 Å². The molecule has 0 aliphatic rings. The minimum absolute atomic E-state index is 0.879. The van der Waals surface area contributed by atoms with Crippen molar-refractivity contribution < 1.29 is 4.42 Å². The van der Waals surface area contributed by atoms with Crippen LogP contribution in [0, 0.1) is 0 Å². The van der Waals surface area contributed by atoms with Gasteiger partial charge in [-0.3, -0.25) is 0 Å².